The Morgan fingerprint density at radius 1 is 1.06 bits per heavy atom. The quantitative estimate of drug-likeness (QED) is 0.452. The van der Waals surface area contributed by atoms with Crippen LogP contribution in [0.15, 0.2) is 60.8 Å². The number of rotatable bonds is 7. The molecular weight excluding hydrogens is 421 g/mol. The average Bonchev–Trinajstić information content (AvgIpc) is 3.40. The SMILES string of the molecule is COc1ccc(COC[C@@H]2CCc3nc(-c4ccc(F)cc4)c(-c4ccnc(N)n4)n32)cc1. The Morgan fingerprint density at radius 2 is 1.85 bits per heavy atom. The van der Waals surface area contributed by atoms with Crippen molar-refractivity contribution in [2.24, 2.45) is 0 Å². The maximum Gasteiger partial charge on any atom is 0.220 e. The van der Waals surface area contributed by atoms with Crippen molar-refractivity contribution in [2.45, 2.75) is 25.5 Å². The summed E-state index contributed by atoms with van der Waals surface area (Å²) in [5, 5.41) is 0. The number of methoxy groups -OCH3 is 1. The number of aryl methyl sites for hydroxylation is 1. The number of aromatic nitrogens is 4. The lowest BCUT2D eigenvalue weighted by Crippen LogP contribution is -2.13. The van der Waals surface area contributed by atoms with Gasteiger partial charge in [-0.1, -0.05) is 12.1 Å². The summed E-state index contributed by atoms with van der Waals surface area (Å²) in [7, 11) is 1.65. The van der Waals surface area contributed by atoms with E-state index in [0.29, 0.717) is 18.9 Å². The van der Waals surface area contributed by atoms with E-state index in [1.165, 1.54) is 12.1 Å². The molecule has 1 atom stereocenters. The van der Waals surface area contributed by atoms with Crippen molar-refractivity contribution in [3.8, 4) is 28.4 Å². The molecule has 7 nitrogen and oxygen atoms in total. The molecular formula is C25H24FN5O2. The standard InChI is InChI=1S/C25H24FN5O2/c1-32-20-9-2-16(3-10-20)14-33-15-19-8-11-22-30-23(17-4-6-18(26)7-5-17)24(31(19)22)21-12-13-28-25(27)29-21/h2-7,9-10,12-13,19H,8,11,14-15H2,1H3,(H2,27,28,29)/t19-/m0/s1. The van der Waals surface area contributed by atoms with Crippen LogP contribution in [-0.4, -0.2) is 33.2 Å². The van der Waals surface area contributed by atoms with Crippen LogP contribution in [0.5, 0.6) is 5.75 Å². The summed E-state index contributed by atoms with van der Waals surface area (Å²) in [4.78, 5) is 13.4. The number of imidazole rings is 1. The molecule has 8 heteroatoms. The molecule has 168 valence electrons. The van der Waals surface area contributed by atoms with Crippen molar-refractivity contribution in [2.75, 3.05) is 19.5 Å². The van der Waals surface area contributed by atoms with Gasteiger partial charge >= 0.3 is 0 Å². The van der Waals surface area contributed by atoms with Gasteiger partial charge in [0.05, 0.1) is 43.4 Å². The van der Waals surface area contributed by atoms with Gasteiger partial charge in [0.1, 0.15) is 17.4 Å². The number of nitrogens with two attached hydrogens (primary N) is 1. The Labute approximate surface area is 191 Å². The first-order valence-electron chi connectivity index (χ1n) is 10.8. The van der Waals surface area contributed by atoms with E-state index in [9.17, 15) is 4.39 Å². The van der Waals surface area contributed by atoms with Gasteiger partial charge in [0.15, 0.2) is 0 Å². The first-order valence-corrected chi connectivity index (χ1v) is 10.8. The van der Waals surface area contributed by atoms with Crippen LogP contribution in [0.25, 0.3) is 22.6 Å². The highest BCUT2D eigenvalue weighted by atomic mass is 19.1. The molecule has 2 aromatic heterocycles. The highest BCUT2D eigenvalue weighted by molar-refractivity contribution is 5.78. The number of halogens is 1. The average molecular weight is 445 g/mol. The van der Waals surface area contributed by atoms with E-state index in [4.69, 9.17) is 20.2 Å². The second-order valence-corrected chi connectivity index (χ2v) is 7.96. The van der Waals surface area contributed by atoms with E-state index in [2.05, 4.69) is 14.5 Å². The fourth-order valence-corrected chi connectivity index (χ4v) is 4.23. The van der Waals surface area contributed by atoms with Crippen molar-refractivity contribution in [1.29, 1.82) is 0 Å². The highest BCUT2D eigenvalue weighted by Gasteiger charge is 2.31. The number of ether oxygens (including phenoxy) is 2. The van der Waals surface area contributed by atoms with Crippen molar-refractivity contribution in [3.63, 3.8) is 0 Å². The molecule has 0 saturated carbocycles. The zero-order valence-corrected chi connectivity index (χ0v) is 18.2. The first-order chi connectivity index (χ1) is 16.1. The van der Waals surface area contributed by atoms with E-state index >= 15 is 0 Å². The molecule has 0 spiro atoms. The summed E-state index contributed by atoms with van der Waals surface area (Å²) >= 11 is 0. The lowest BCUT2D eigenvalue weighted by molar-refractivity contribution is 0.0924. The zero-order valence-electron chi connectivity index (χ0n) is 18.2. The Hall–Kier alpha value is -3.78. The van der Waals surface area contributed by atoms with Crippen LogP contribution in [-0.2, 0) is 17.8 Å². The molecule has 0 unspecified atom stereocenters. The fourth-order valence-electron chi connectivity index (χ4n) is 4.23. The highest BCUT2D eigenvalue weighted by Crippen LogP contribution is 2.39. The lowest BCUT2D eigenvalue weighted by atomic mass is 10.1. The topological polar surface area (TPSA) is 88.1 Å². The number of nitrogen functional groups attached to an aromatic ring is 1. The van der Waals surface area contributed by atoms with E-state index in [0.717, 1.165) is 46.9 Å². The molecule has 2 N–H and O–H groups in total. The number of hydrogen-bond donors (Lipinski definition) is 1. The molecule has 3 heterocycles. The van der Waals surface area contributed by atoms with Crippen LogP contribution >= 0.6 is 0 Å². The minimum absolute atomic E-state index is 0.103. The lowest BCUT2D eigenvalue weighted by Gasteiger charge is -2.18. The Kier molecular flexibility index (Phi) is 5.75. The van der Waals surface area contributed by atoms with Crippen LogP contribution in [0.1, 0.15) is 23.9 Å². The zero-order chi connectivity index (χ0) is 22.8. The van der Waals surface area contributed by atoms with Gasteiger partial charge in [0, 0.05) is 18.2 Å². The van der Waals surface area contributed by atoms with Crippen molar-refractivity contribution >= 4 is 5.95 Å². The van der Waals surface area contributed by atoms with E-state index in [1.807, 2.05) is 30.3 Å². The minimum Gasteiger partial charge on any atom is -0.497 e. The molecule has 0 bridgehead atoms. The predicted molar refractivity (Wildman–Crippen MR) is 123 cm³/mol. The summed E-state index contributed by atoms with van der Waals surface area (Å²) < 4.78 is 27.0. The summed E-state index contributed by atoms with van der Waals surface area (Å²) in [5.74, 6) is 1.68. The Balaban J connectivity index is 1.45. The minimum atomic E-state index is -0.289. The van der Waals surface area contributed by atoms with Crippen LogP contribution in [0, 0.1) is 5.82 Å². The third kappa shape index (κ3) is 4.29. The van der Waals surface area contributed by atoms with Gasteiger partial charge in [0.25, 0.3) is 0 Å². The number of fused-ring (bicyclic) bond motifs is 1. The third-order valence-corrected chi connectivity index (χ3v) is 5.82. The smallest absolute Gasteiger partial charge is 0.220 e. The molecule has 1 aliphatic rings. The molecule has 0 amide bonds. The molecule has 0 radical (unpaired) electrons. The predicted octanol–water partition coefficient (Wildman–Crippen LogP) is 4.44. The normalized spacial score (nSPS) is 14.9. The van der Waals surface area contributed by atoms with E-state index in [1.54, 1.807) is 25.4 Å². The summed E-state index contributed by atoms with van der Waals surface area (Å²) in [6, 6.07) is 16.1. The van der Waals surface area contributed by atoms with Gasteiger partial charge in [-0.25, -0.2) is 19.3 Å². The van der Waals surface area contributed by atoms with Gasteiger partial charge in [0.2, 0.25) is 5.95 Å². The largest absolute Gasteiger partial charge is 0.497 e. The van der Waals surface area contributed by atoms with Crippen LogP contribution in [0.3, 0.4) is 0 Å². The van der Waals surface area contributed by atoms with E-state index < -0.39 is 0 Å². The van der Waals surface area contributed by atoms with E-state index in [-0.39, 0.29) is 17.8 Å². The van der Waals surface area contributed by atoms with Gasteiger partial charge in [-0.2, -0.15) is 0 Å². The number of nitrogens with zero attached hydrogens (tertiary/aromatic N) is 4. The van der Waals surface area contributed by atoms with Crippen LogP contribution < -0.4 is 10.5 Å². The van der Waals surface area contributed by atoms with Crippen molar-refractivity contribution in [1.82, 2.24) is 19.5 Å². The van der Waals surface area contributed by atoms with Gasteiger partial charge in [-0.05, 0) is 54.4 Å². The Morgan fingerprint density at radius 3 is 2.58 bits per heavy atom. The van der Waals surface area contributed by atoms with Crippen LogP contribution in [0.2, 0.25) is 0 Å². The Bertz CT molecular complexity index is 1260. The molecule has 0 fully saturated rings. The number of anilines is 1. The first kappa shape index (κ1) is 21.1. The molecule has 1 aliphatic heterocycles. The fraction of sp³-hybridized carbons (Fsp3) is 0.240. The molecule has 0 saturated heterocycles. The van der Waals surface area contributed by atoms with Gasteiger partial charge in [-0.3, -0.25) is 0 Å². The summed E-state index contributed by atoms with van der Waals surface area (Å²) in [5.41, 5.74) is 10.1. The summed E-state index contributed by atoms with van der Waals surface area (Å²) in [6.07, 6.45) is 3.38. The monoisotopic (exact) mass is 445 g/mol. The second kappa shape index (κ2) is 8.99. The third-order valence-electron chi connectivity index (χ3n) is 5.82. The number of hydrogen-bond acceptors (Lipinski definition) is 6. The van der Waals surface area contributed by atoms with Gasteiger partial charge < -0.3 is 19.8 Å². The van der Waals surface area contributed by atoms with Gasteiger partial charge in [-0.15, -0.1) is 0 Å². The maximum atomic E-state index is 13.5. The van der Waals surface area contributed by atoms with Crippen LogP contribution in [0.4, 0.5) is 10.3 Å². The number of benzene rings is 2. The summed E-state index contributed by atoms with van der Waals surface area (Å²) in [6.45, 7) is 1.04. The molecule has 4 aromatic rings. The molecule has 0 aliphatic carbocycles. The molecule has 5 rings (SSSR count). The second-order valence-electron chi connectivity index (χ2n) is 7.96. The maximum absolute atomic E-state index is 13.5. The molecule has 33 heavy (non-hydrogen) atoms. The van der Waals surface area contributed by atoms with Crippen molar-refractivity contribution < 1.29 is 13.9 Å². The molecule has 2 aromatic carbocycles. The van der Waals surface area contributed by atoms with Crippen molar-refractivity contribution in [3.05, 3.63) is 78.0 Å².